The van der Waals surface area contributed by atoms with Gasteiger partial charge in [-0.05, 0) is 37.8 Å². The molecule has 2 aromatic heterocycles. The van der Waals surface area contributed by atoms with E-state index in [0.717, 1.165) is 45.2 Å². The maximum absolute atomic E-state index is 12.2. The number of hydrogen-bond donors (Lipinski definition) is 1. The fourth-order valence-electron chi connectivity index (χ4n) is 3.76. The van der Waals surface area contributed by atoms with Crippen LogP contribution in [0.2, 0.25) is 0 Å². The number of nitrogens with zero attached hydrogens (tertiary/aromatic N) is 4. The van der Waals surface area contributed by atoms with Crippen LogP contribution in [0, 0.1) is 5.92 Å². The van der Waals surface area contributed by atoms with Crippen LogP contribution >= 0.6 is 11.8 Å². The number of pyridine rings is 1. The molecule has 0 unspecified atom stereocenters. The molecule has 1 saturated carbocycles. The summed E-state index contributed by atoms with van der Waals surface area (Å²) >= 11 is 1.43. The summed E-state index contributed by atoms with van der Waals surface area (Å²) in [5, 5.41) is 13.8. The minimum absolute atomic E-state index is 0.0508. The van der Waals surface area contributed by atoms with Crippen molar-refractivity contribution in [2.24, 2.45) is 5.92 Å². The summed E-state index contributed by atoms with van der Waals surface area (Å²) in [5.74, 6) is 1.87. The summed E-state index contributed by atoms with van der Waals surface area (Å²) in [6, 6.07) is 20.4. The Kier molecular flexibility index (Phi) is 5.90. The minimum Gasteiger partial charge on any atom is -0.355 e. The fraction of sp³-hybridized carbons (Fsp3) is 0.280. The molecule has 0 atom stereocenters. The predicted molar refractivity (Wildman–Crippen MR) is 128 cm³/mol. The number of hydrogen-bond acceptors (Lipinski definition) is 5. The molecule has 1 fully saturated rings. The fourth-order valence-corrected chi connectivity index (χ4v) is 4.59. The molecule has 1 aliphatic carbocycles. The van der Waals surface area contributed by atoms with Crippen molar-refractivity contribution in [1.82, 2.24) is 25.1 Å². The molecule has 0 saturated heterocycles. The summed E-state index contributed by atoms with van der Waals surface area (Å²) in [4.78, 5) is 17.1. The van der Waals surface area contributed by atoms with Gasteiger partial charge < -0.3 is 9.88 Å². The van der Waals surface area contributed by atoms with Crippen molar-refractivity contribution in [3.8, 4) is 22.6 Å². The Hall–Kier alpha value is -3.19. The maximum Gasteiger partial charge on any atom is 0.230 e. The molecule has 0 bridgehead atoms. The molecule has 1 aliphatic rings. The van der Waals surface area contributed by atoms with Gasteiger partial charge in [0.25, 0.3) is 0 Å². The van der Waals surface area contributed by atoms with Crippen LogP contribution in [-0.4, -0.2) is 38.0 Å². The maximum atomic E-state index is 12.2. The largest absolute Gasteiger partial charge is 0.355 e. The number of carbonyl (C=O) groups is 1. The number of carbonyl (C=O) groups excluding carboxylic acids is 1. The Bertz CT molecular complexity index is 1250. The molecule has 2 heterocycles. The third-order valence-corrected chi connectivity index (χ3v) is 6.64. The average Bonchev–Trinajstić information content (AvgIpc) is 3.59. The molecular weight excluding hydrogens is 418 g/mol. The summed E-state index contributed by atoms with van der Waals surface area (Å²) in [6.45, 7) is 3.58. The first-order chi connectivity index (χ1) is 15.7. The topological polar surface area (TPSA) is 72.7 Å². The molecule has 162 valence electrons. The van der Waals surface area contributed by atoms with Gasteiger partial charge >= 0.3 is 0 Å². The normalized spacial score (nSPS) is 13.4. The van der Waals surface area contributed by atoms with E-state index >= 15 is 0 Å². The van der Waals surface area contributed by atoms with E-state index in [1.54, 1.807) is 0 Å². The second-order valence-electron chi connectivity index (χ2n) is 8.02. The van der Waals surface area contributed by atoms with E-state index in [9.17, 15) is 4.79 Å². The molecule has 4 aromatic rings. The van der Waals surface area contributed by atoms with Gasteiger partial charge in [0.1, 0.15) is 0 Å². The van der Waals surface area contributed by atoms with E-state index in [1.807, 2.05) is 36.4 Å². The molecule has 1 amide bonds. The van der Waals surface area contributed by atoms with E-state index < -0.39 is 0 Å². The Morgan fingerprint density at radius 3 is 2.66 bits per heavy atom. The van der Waals surface area contributed by atoms with Gasteiger partial charge in [0.15, 0.2) is 11.0 Å². The number of thioether (sulfide) groups is 1. The highest BCUT2D eigenvalue weighted by molar-refractivity contribution is 7.99. The monoisotopic (exact) mass is 443 g/mol. The van der Waals surface area contributed by atoms with Crippen LogP contribution in [0.5, 0.6) is 0 Å². The van der Waals surface area contributed by atoms with Crippen LogP contribution in [0.1, 0.15) is 19.8 Å². The molecular formula is C25H25N5OS. The third-order valence-electron chi connectivity index (χ3n) is 5.68. The van der Waals surface area contributed by atoms with Crippen LogP contribution in [0.25, 0.3) is 33.5 Å². The van der Waals surface area contributed by atoms with Crippen LogP contribution in [0.15, 0.2) is 65.8 Å². The van der Waals surface area contributed by atoms with E-state index in [1.165, 1.54) is 24.6 Å². The summed E-state index contributed by atoms with van der Waals surface area (Å²) < 4.78 is 2.08. The quantitative estimate of drug-likeness (QED) is 0.396. The zero-order valence-electron chi connectivity index (χ0n) is 18.0. The minimum atomic E-state index is 0.0508. The molecule has 5 rings (SSSR count). The Labute approximate surface area is 191 Å². The van der Waals surface area contributed by atoms with Gasteiger partial charge in [0.05, 0.1) is 17.0 Å². The van der Waals surface area contributed by atoms with E-state index in [-0.39, 0.29) is 5.91 Å². The lowest BCUT2D eigenvalue weighted by atomic mass is 10.0. The number of amides is 1. The lowest BCUT2D eigenvalue weighted by Gasteiger charge is -2.12. The van der Waals surface area contributed by atoms with Crippen molar-refractivity contribution in [3.05, 3.63) is 60.7 Å². The van der Waals surface area contributed by atoms with Gasteiger partial charge in [-0.15, -0.1) is 10.2 Å². The van der Waals surface area contributed by atoms with E-state index in [2.05, 4.69) is 51.3 Å². The number of fused-ring (bicyclic) bond motifs is 1. The molecule has 6 nitrogen and oxygen atoms in total. The zero-order valence-corrected chi connectivity index (χ0v) is 18.8. The predicted octanol–water partition coefficient (Wildman–Crippen LogP) is 4.80. The van der Waals surface area contributed by atoms with Crippen molar-refractivity contribution in [2.45, 2.75) is 31.5 Å². The Morgan fingerprint density at radius 2 is 1.88 bits per heavy atom. The highest BCUT2D eigenvalue weighted by Crippen LogP contribution is 2.33. The average molecular weight is 444 g/mol. The highest BCUT2D eigenvalue weighted by atomic mass is 32.2. The van der Waals surface area contributed by atoms with Crippen molar-refractivity contribution in [2.75, 3.05) is 12.3 Å². The molecule has 0 radical (unpaired) electrons. The number of aromatic nitrogens is 4. The van der Waals surface area contributed by atoms with Gasteiger partial charge in [-0.25, -0.2) is 4.98 Å². The Morgan fingerprint density at radius 1 is 1.09 bits per heavy atom. The van der Waals surface area contributed by atoms with Crippen molar-refractivity contribution >= 4 is 28.6 Å². The first kappa shape index (κ1) is 20.7. The van der Waals surface area contributed by atoms with Crippen molar-refractivity contribution < 1.29 is 4.79 Å². The lowest BCUT2D eigenvalue weighted by Crippen LogP contribution is -2.27. The van der Waals surface area contributed by atoms with Crippen molar-refractivity contribution in [3.63, 3.8) is 0 Å². The van der Waals surface area contributed by atoms with Gasteiger partial charge in [0, 0.05) is 29.6 Å². The van der Waals surface area contributed by atoms with Gasteiger partial charge in [-0.3, -0.25) is 4.79 Å². The van der Waals surface area contributed by atoms with Crippen molar-refractivity contribution in [1.29, 1.82) is 0 Å². The smallest absolute Gasteiger partial charge is 0.230 e. The number of rotatable bonds is 8. The summed E-state index contributed by atoms with van der Waals surface area (Å²) in [7, 11) is 0. The summed E-state index contributed by atoms with van der Waals surface area (Å²) in [5.41, 5.74) is 3.87. The zero-order chi connectivity index (χ0) is 21.9. The number of para-hydroxylation sites is 1. The molecule has 2 aromatic carbocycles. The molecule has 0 aliphatic heterocycles. The van der Waals surface area contributed by atoms with Gasteiger partial charge in [0.2, 0.25) is 5.91 Å². The van der Waals surface area contributed by atoms with Gasteiger partial charge in [-0.2, -0.15) is 0 Å². The first-order valence-corrected chi connectivity index (χ1v) is 12.0. The van der Waals surface area contributed by atoms with Crippen LogP contribution < -0.4 is 5.32 Å². The Balaban J connectivity index is 1.48. The van der Waals surface area contributed by atoms with E-state index in [0.29, 0.717) is 18.2 Å². The lowest BCUT2D eigenvalue weighted by molar-refractivity contribution is -0.118. The third kappa shape index (κ3) is 4.39. The molecule has 7 heteroatoms. The first-order valence-electron chi connectivity index (χ1n) is 11.0. The van der Waals surface area contributed by atoms with E-state index in [4.69, 9.17) is 4.98 Å². The van der Waals surface area contributed by atoms with Crippen LogP contribution in [0.4, 0.5) is 0 Å². The second kappa shape index (κ2) is 9.12. The van der Waals surface area contributed by atoms with Crippen LogP contribution in [-0.2, 0) is 11.3 Å². The molecule has 32 heavy (non-hydrogen) atoms. The number of nitrogens with one attached hydrogen (secondary N) is 1. The van der Waals surface area contributed by atoms with Crippen LogP contribution in [0.3, 0.4) is 0 Å². The standard InChI is InChI=1S/C25H25N5OS/c1-2-30-24(28-29-25(30)32-16-23(31)26-15-17-12-13-17)20-14-22(18-8-4-3-5-9-18)27-21-11-7-6-10-19(20)21/h3-11,14,17H,2,12-13,15-16H2,1H3,(H,26,31). The van der Waals surface area contributed by atoms with Gasteiger partial charge in [-0.1, -0.05) is 60.3 Å². The molecule has 0 spiro atoms. The SMILES string of the molecule is CCn1c(SCC(=O)NCC2CC2)nnc1-c1cc(-c2ccccc2)nc2ccccc12. The number of benzene rings is 2. The second-order valence-corrected chi connectivity index (χ2v) is 8.97. The highest BCUT2D eigenvalue weighted by Gasteiger charge is 2.22. The molecule has 1 N–H and O–H groups in total. The summed E-state index contributed by atoms with van der Waals surface area (Å²) in [6.07, 6.45) is 2.46.